The molecule has 0 atom stereocenters. The van der Waals surface area contributed by atoms with E-state index in [1.807, 2.05) is 0 Å². The van der Waals surface area contributed by atoms with Crippen LogP contribution in [0.5, 0.6) is 11.5 Å². The van der Waals surface area contributed by atoms with Gasteiger partial charge in [0.1, 0.15) is 0 Å². The highest BCUT2D eigenvalue weighted by Crippen LogP contribution is 2.32. The average molecular weight is 546 g/mol. The molecule has 0 N–H and O–H groups in total. The summed E-state index contributed by atoms with van der Waals surface area (Å²) in [6.07, 6.45) is 0.563. The molecule has 13 nitrogen and oxygen atoms in total. The van der Waals surface area contributed by atoms with Gasteiger partial charge in [-0.15, -0.1) is 10.2 Å². The zero-order valence-corrected chi connectivity index (χ0v) is 21.9. The largest absolute Gasteiger partial charge is 0.493 e. The molecule has 38 heavy (non-hydrogen) atoms. The number of ether oxygens (including phenoxy) is 2. The molecule has 0 bridgehead atoms. The van der Waals surface area contributed by atoms with Crippen LogP contribution in [0, 0.1) is 16.0 Å². The van der Waals surface area contributed by atoms with Crippen molar-refractivity contribution < 1.29 is 32.0 Å². The monoisotopic (exact) mass is 545 g/mol. The van der Waals surface area contributed by atoms with Crippen molar-refractivity contribution in [2.75, 3.05) is 34.4 Å². The maximum Gasteiger partial charge on any atom is 0.289 e. The summed E-state index contributed by atoms with van der Waals surface area (Å²) in [6.45, 7) is 0.221. The number of para-hydroxylation sites is 1. The number of methoxy groups -OCH3 is 2. The number of carbonyl (C=O) groups is 1. The standard InChI is InChI=1S/C24H27N5O8S/c1-27(15-22-25-26-23(37-22)17-8-9-19(35-2)20(14-17)36-3)24(30)16-10-12-28(13-11-16)38(33,34)21-7-5-4-6-18(21)29(31)32/h4-9,14,16H,10-13,15H2,1-3H3. The van der Waals surface area contributed by atoms with Gasteiger partial charge >= 0.3 is 0 Å². The van der Waals surface area contributed by atoms with Crippen LogP contribution in [-0.2, 0) is 21.4 Å². The van der Waals surface area contributed by atoms with E-state index in [0.717, 1.165) is 6.07 Å². The van der Waals surface area contributed by atoms with E-state index in [-0.39, 0.29) is 55.1 Å². The van der Waals surface area contributed by atoms with E-state index in [0.29, 0.717) is 17.1 Å². The number of nitrogens with zero attached hydrogens (tertiary/aromatic N) is 5. The minimum absolute atomic E-state index is 0.0721. The Bertz CT molecular complexity index is 1430. The first-order valence-electron chi connectivity index (χ1n) is 11.7. The first-order chi connectivity index (χ1) is 18.1. The number of piperidine rings is 1. The van der Waals surface area contributed by atoms with Crippen LogP contribution in [0.25, 0.3) is 11.5 Å². The summed E-state index contributed by atoms with van der Waals surface area (Å²) in [5, 5.41) is 19.4. The molecule has 0 saturated carbocycles. The van der Waals surface area contributed by atoms with Crippen molar-refractivity contribution in [3.8, 4) is 23.0 Å². The number of benzene rings is 2. The van der Waals surface area contributed by atoms with Crippen LogP contribution in [0.3, 0.4) is 0 Å². The fourth-order valence-electron chi connectivity index (χ4n) is 4.30. The Labute approximate surface area is 219 Å². The van der Waals surface area contributed by atoms with Gasteiger partial charge in [0, 0.05) is 37.7 Å². The molecular weight excluding hydrogens is 518 g/mol. The molecule has 0 radical (unpaired) electrons. The van der Waals surface area contributed by atoms with E-state index in [9.17, 15) is 23.3 Å². The van der Waals surface area contributed by atoms with Gasteiger partial charge in [0.05, 0.1) is 25.7 Å². The third-order valence-corrected chi connectivity index (χ3v) is 8.27. The number of nitro benzene ring substituents is 1. The molecule has 1 fully saturated rings. The lowest BCUT2D eigenvalue weighted by atomic mass is 9.97. The Balaban J connectivity index is 1.38. The molecule has 0 unspecified atom stereocenters. The minimum atomic E-state index is -4.07. The van der Waals surface area contributed by atoms with E-state index in [2.05, 4.69) is 10.2 Å². The van der Waals surface area contributed by atoms with Crippen LogP contribution in [0.2, 0.25) is 0 Å². The molecule has 2 heterocycles. The van der Waals surface area contributed by atoms with E-state index in [1.54, 1.807) is 25.2 Å². The van der Waals surface area contributed by atoms with Crippen LogP contribution in [0.15, 0.2) is 51.8 Å². The summed E-state index contributed by atoms with van der Waals surface area (Å²) in [5.74, 6) is 0.968. The molecule has 4 rings (SSSR count). The first-order valence-corrected chi connectivity index (χ1v) is 13.1. The molecule has 0 spiro atoms. The topological polar surface area (TPSA) is 158 Å². The second-order valence-electron chi connectivity index (χ2n) is 8.67. The lowest BCUT2D eigenvalue weighted by molar-refractivity contribution is -0.387. The SMILES string of the molecule is COc1ccc(-c2nnc(CN(C)C(=O)C3CCN(S(=O)(=O)c4ccccc4[N+](=O)[O-])CC3)o2)cc1OC. The van der Waals surface area contributed by atoms with Gasteiger partial charge in [-0.05, 0) is 37.1 Å². The fraction of sp³-hybridized carbons (Fsp3) is 0.375. The fourth-order valence-corrected chi connectivity index (χ4v) is 5.93. The summed E-state index contributed by atoms with van der Waals surface area (Å²) in [6, 6.07) is 10.4. The predicted octanol–water partition coefficient (Wildman–Crippen LogP) is 2.72. The summed E-state index contributed by atoms with van der Waals surface area (Å²) in [5.41, 5.74) is 0.153. The Kier molecular flexibility index (Phi) is 7.92. The highest BCUT2D eigenvalue weighted by atomic mass is 32.2. The number of nitro groups is 1. The summed E-state index contributed by atoms with van der Waals surface area (Å²) >= 11 is 0. The maximum absolute atomic E-state index is 13.1. The van der Waals surface area contributed by atoms with Gasteiger partial charge in [0.15, 0.2) is 16.4 Å². The van der Waals surface area contributed by atoms with Crippen molar-refractivity contribution in [1.82, 2.24) is 19.4 Å². The highest BCUT2D eigenvalue weighted by Gasteiger charge is 2.36. The second kappa shape index (κ2) is 11.1. The quantitative estimate of drug-likeness (QED) is 0.289. The number of hydrogen-bond donors (Lipinski definition) is 0. The molecule has 0 aliphatic carbocycles. The van der Waals surface area contributed by atoms with Crippen molar-refractivity contribution >= 4 is 21.6 Å². The molecule has 1 saturated heterocycles. The number of rotatable bonds is 9. The second-order valence-corrected chi connectivity index (χ2v) is 10.6. The van der Waals surface area contributed by atoms with Crippen molar-refractivity contribution in [3.63, 3.8) is 0 Å². The first kappa shape index (κ1) is 27.0. The van der Waals surface area contributed by atoms with Crippen molar-refractivity contribution in [2.45, 2.75) is 24.3 Å². The highest BCUT2D eigenvalue weighted by molar-refractivity contribution is 7.89. The van der Waals surface area contributed by atoms with Crippen molar-refractivity contribution in [2.24, 2.45) is 5.92 Å². The van der Waals surface area contributed by atoms with Crippen LogP contribution >= 0.6 is 0 Å². The van der Waals surface area contributed by atoms with E-state index in [4.69, 9.17) is 13.9 Å². The predicted molar refractivity (Wildman–Crippen MR) is 134 cm³/mol. The van der Waals surface area contributed by atoms with Gasteiger partial charge in [-0.3, -0.25) is 14.9 Å². The molecule has 3 aromatic rings. The van der Waals surface area contributed by atoms with Gasteiger partial charge in [0.2, 0.25) is 27.7 Å². The Hall–Kier alpha value is -4.04. The zero-order chi connectivity index (χ0) is 27.4. The Morgan fingerprint density at radius 1 is 1.13 bits per heavy atom. The smallest absolute Gasteiger partial charge is 0.289 e. The minimum Gasteiger partial charge on any atom is -0.493 e. The summed E-state index contributed by atoms with van der Waals surface area (Å²) in [7, 11) is 0.594. The molecule has 14 heteroatoms. The van der Waals surface area contributed by atoms with Crippen molar-refractivity contribution in [1.29, 1.82) is 0 Å². The molecule has 1 aromatic heterocycles. The molecule has 2 aromatic carbocycles. The van der Waals surface area contributed by atoms with Gasteiger partial charge < -0.3 is 18.8 Å². The molecular formula is C24H27N5O8S. The van der Waals surface area contributed by atoms with Crippen molar-refractivity contribution in [3.05, 3.63) is 58.5 Å². The van der Waals surface area contributed by atoms with Gasteiger partial charge in [0.25, 0.3) is 5.69 Å². The molecule has 202 valence electrons. The van der Waals surface area contributed by atoms with Crippen LogP contribution in [0.1, 0.15) is 18.7 Å². The van der Waals surface area contributed by atoms with Crippen LogP contribution < -0.4 is 9.47 Å². The maximum atomic E-state index is 13.1. The number of aromatic nitrogens is 2. The summed E-state index contributed by atoms with van der Waals surface area (Å²) in [4.78, 5) is 24.7. The lowest BCUT2D eigenvalue weighted by Crippen LogP contribution is -2.43. The van der Waals surface area contributed by atoms with E-state index < -0.39 is 26.6 Å². The van der Waals surface area contributed by atoms with E-state index >= 15 is 0 Å². The van der Waals surface area contributed by atoms with Gasteiger partial charge in [-0.2, -0.15) is 4.31 Å². The normalized spacial score (nSPS) is 14.7. The molecule has 1 amide bonds. The average Bonchev–Trinajstić information content (AvgIpc) is 3.40. The lowest BCUT2D eigenvalue weighted by Gasteiger charge is -2.32. The number of carbonyl (C=O) groups excluding carboxylic acids is 1. The summed E-state index contributed by atoms with van der Waals surface area (Å²) < 4.78 is 43.5. The number of hydrogen-bond acceptors (Lipinski definition) is 10. The van der Waals surface area contributed by atoms with Crippen LogP contribution in [-0.4, -0.2) is 73.0 Å². The number of sulfonamides is 1. The van der Waals surface area contributed by atoms with Gasteiger partial charge in [-0.25, -0.2) is 8.42 Å². The zero-order valence-electron chi connectivity index (χ0n) is 21.1. The third-order valence-electron chi connectivity index (χ3n) is 6.33. The van der Waals surface area contributed by atoms with Gasteiger partial charge in [-0.1, -0.05) is 12.1 Å². The third kappa shape index (κ3) is 5.45. The Morgan fingerprint density at radius 2 is 1.82 bits per heavy atom. The molecule has 1 aliphatic heterocycles. The van der Waals surface area contributed by atoms with Crippen LogP contribution in [0.4, 0.5) is 5.69 Å². The molecule has 1 aliphatic rings. The Morgan fingerprint density at radius 3 is 2.47 bits per heavy atom. The van der Waals surface area contributed by atoms with E-state index in [1.165, 1.54) is 41.6 Å². The number of amides is 1.